The van der Waals surface area contributed by atoms with E-state index in [1.54, 1.807) is 11.1 Å². The lowest BCUT2D eigenvalue weighted by Crippen LogP contribution is -2.62. The zero-order valence-electron chi connectivity index (χ0n) is 18.5. The summed E-state index contributed by atoms with van der Waals surface area (Å²) in [6, 6.07) is 17.5. The molecule has 0 unspecified atom stereocenters. The van der Waals surface area contributed by atoms with Crippen molar-refractivity contribution in [2.75, 3.05) is 18.5 Å². The monoisotopic (exact) mass is 450 g/mol. The summed E-state index contributed by atoms with van der Waals surface area (Å²) < 4.78 is 0. The molecule has 174 valence electrons. The van der Waals surface area contributed by atoms with Gasteiger partial charge in [0.15, 0.2) is 0 Å². The lowest BCUT2D eigenvalue weighted by Gasteiger charge is -2.43. The van der Waals surface area contributed by atoms with Crippen LogP contribution in [-0.2, 0) is 13.1 Å². The van der Waals surface area contributed by atoms with Gasteiger partial charge in [-0.25, -0.2) is 0 Å². The van der Waals surface area contributed by atoms with E-state index in [2.05, 4.69) is 33.7 Å². The summed E-state index contributed by atoms with van der Waals surface area (Å²) in [6.45, 7) is 3.05. The van der Waals surface area contributed by atoms with Crippen molar-refractivity contribution in [2.24, 2.45) is 0 Å². The van der Waals surface area contributed by atoms with Crippen molar-refractivity contribution in [3.05, 3.63) is 77.5 Å². The Morgan fingerprint density at radius 1 is 1.00 bits per heavy atom. The average Bonchev–Trinajstić information content (AvgIpc) is 2.83. The maximum Gasteiger partial charge on any atom is 0.109 e. The van der Waals surface area contributed by atoms with Gasteiger partial charge in [-0.1, -0.05) is 24.3 Å². The molecule has 3 aromatic rings. The fraction of sp³-hybridized carbons (Fsp3) is 0.360. The van der Waals surface area contributed by atoms with Crippen LogP contribution in [0.3, 0.4) is 0 Å². The highest BCUT2D eigenvalue weighted by Crippen LogP contribution is 2.24. The molecule has 1 aliphatic rings. The van der Waals surface area contributed by atoms with Crippen LogP contribution in [0.4, 0.5) is 5.69 Å². The molecule has 1 saturated heterocycles. The molecule has 1 fully saturated rings. The number of benzene rings is 2. The molecular formula is C25H30N4O4. The lowest BCUT2D eigenvalue weighted by atomic mass is 9.93. The van der Waals surface area contributed by atoms with E-state index in [-0.39, 0.29) is 13.2 Å². The number of aliphatic hydroxyl groups is 4. The standard InChI is InChI=1S/C25H30N4O4/c1-16-9-19(21-3-2-8-27-28-21)11-20(10-16)26-12-17-4-6-18(7-5-17)13-29-14-23(31)25(33)24(32)22(29)15-30/h2-11,22-26,30-33H,12-15H2,1H3/t22-,23+,24-,25-/m1/s1. The van der Waals surface area contributed by atoms with Crippen LogP contribution in [-0.4, -0.2) is 73.0 Å². The van der Waals surface area contributed by atoms with E-state index in [0.29, 0.717) is 13.1 Å². The van der Waals surface area contributed by atoms with E-state index in [1.807, 2.05) is 43.3 Å². The summed E-state index contributed by atoms with van der Waals surface area (Å²) in [5, 5.41) is 51.3. The number of nitrogens with one attached hydrogen (secondary N) is 1. The molecule has 0 aliphatic carbocycles. The number of aromatic nitrogens is 2. The van der Waals surface area contributed by atoms with Crippen LogP contribution in [0.2, 0.25) is 0 Å². The molecule has 0 saturated carbocycles. The zero-order valence-corrected chi connectivity index (χ0v) is 18.5. The highest BCUT2D eigenvalue weighted by atomic mass is 16.4. The Bertz CT molecular complexity index is 1050. The van der Waals surface area contributed by atoms with Gasteiger partial charge in [0.1, 0.15) is 12.2 Å². The van der Waals surface area contributed by atoms with Gasteiger partial charge in [-0.2, -0.15) is 10.2 Å². The topological polar surface area (TPSA) is 122 Å². The summed E-state index contributed by atoms with van der Waals surface area (Å²) in [4.78, 5) is 1.80. The zero-order chi connectivity index (χ0) is 23.4. The number of anilines is 1. The number of likely N-dealkylation sites (tertiary alicyclic amines) is 1. The molecule has 8 heteroatoms. The van der Waals surface area contributed by atoms with Crippen molar-refractivity contribution in [3.8, 4) is 11.3 Å². The Hall–Kier alpha value is -2.88. The second-order valence-corrected chi connectivity index (χ2v) is 8.59. The van der Waals surface area contributed by atoms with Crippen molar-refractivity contribution in [1.82, 2.24) is 15.1 Å². The first-order valence-electron chi connectivity index (χ1n) is 11.0. The second kappa shape index (κ2) is 10.4. The molecular weight excluding hydrogens is 420 g/mol. The summed E-state index contributed by atoms with van der Waals surface area (Å²) in [6.07, 6.45) is -1.83. The molecule has 1 aromatic heterocycles. The third kappa shape index (κ3) is 5.55. The maximum atomic E-state index is 10.2. The van der Waals surface area contributed by atoms with Crippen LogP contribution in [0.5, 0.6) is 0 Å². The van der Waals surface area contributed by atoms with Crippen molar-refractivity contribution >= 4 is 5.69 Å². The van der Waals surface area contributed by atoms with Gasteiger partial charge in [0, 0.05) is 37.1 Å². The second-order valence-electron chi connectivity index (χ2n) is 8.59. The molecule has 2 heterocycles. The van der Waals surface area contributed by atoms with Gasteiger partial charge in [0.25, 0.3) is 0 Å². The minimum absolute atomic E-state index is 0.189. The molecule has 0 radical (unpaired) electrons. The van der Waals surface area contributed by atoms with Crippen LogP contribution >= 0.6 is 0 Å². The Labute approximate surface area is 193 Å². The number of nitrogens with zero attached hydrogens (tertiary/aromatic N) is 3. The van der Waals surface area contributed by atoms with Gasteiger partial charge in [-0.05, 0) is 53.9 Å². The molecule has 0 amide bonds. The predicted octanol–water partition coefficient (Wildman–Crippen LogP) is 1.32. The summed E-state index contributed by atoms with van der Waals surface area (Å²) in [7, 11) is 0. The van der Waals surface area contributed by atoms with E-state index < -0.39 is 24.4 Å². The number of hydrogen-bond donors (Lipinski definition) is 5. The van der Waals surface area contributed by atoms with Gasteiger partial charge in [-0.15, -0.1) is 0 Å². The van der Waals surface area contributed by atoms with Gasteiger partial charge in [0.05, 0.1) is 24.4 Å². The van der Waals surface area contributed by atoms with Crippen molar-refractivity contribution in [2.45, 2.75) is 44.4 Å². The normalized spacial score (nSPS) is 23.4. The van der Waals surface area contributed by atoms with E-state index in [9.17, 15) is 20.4 Å². The minimum atomic E-state index is -1.25. The lowest BCUT2D eigenvalue weighted by molar-refractivity contribution is -0.147. The fourth-order valence-corrected chi connectivity index (χ4v) is 4.25. The Morgan fingerprint density at radius 3 is 2.45 bits per heavy atom. The van der Waals surface area contributed by atoms with E-state index in [0.717, 1.165) is 33.6 Å². The number of rotatable bonds is 7. The molecule has 33 heavy (non-hydrogen) atoms. The van der Waals surface area contributed by atoms with Crippen LogP contribution in [0.1, 0.15) is 16.7 Å². The highest BCUT2D eigenvalue weighted by molar-refractivity contribution is 5.66. The number of β-amino-alcohol motifs (C(OH)–C–C–N with tert-alkyl or cyclic N) is 1. The first-order chi connectivity index (χ1) is 15.9. The van der Waals surface area contributed by atoms with Crippen LogP contribution in [0, 0.1) is 6.92 Å². The Balaban J connectivity index is 1.39. The number of aliphatic hydroxyl groups excluding tert-OH is 4. The third-order valence-electron chi connectivity index (χ3n) is 6.07. The smallest absolute Gasteiger partial charge is 0.109 e. The number of hydrogen-bond acceptors (Lipinski definition) is 8. The highest BCUT2D eigenvalue weighted by Gasteiger charge is 2.40. The summed E-state index contributed by atoms with van der Waals surface area (Å²) in [5.41, 5.74) is 6.07. The van der Waals surface area contributed by atoms with Crippen molar-refractivity contribution in [1.29, 1.82) is 0 Å². The molecule has 8 nitrogen and oxygen atoms in total. The predicted molar refractivity (Wildman–Crippen MR) is 125 cm³/mol. The fourth-order valence-electron chi connectivity index (χ4n) is 4.25. The van der Waals surface area contributed by atoms with Gasteiger partial charge < -0.3 is 25.7 Å². The Morgan fingerprint density at radius 2 is 1.76 bits per heavy atom. The first kappa shape index (κ1) is 23.3. The van der Waals surface area contributed by atoms with E-state index in [4.69, 9.17) is 0 Å². The molecule has 5 N–H and O–H groups in total. The molecule has 2 aromatic carbocycles. The molecule has 1 aliphatic heterocycles. The minimum Gasteiger partial charge on any atom is -0.395 e. The first-order valence-corrected chi connectivity index (χ1v) is 11.0. The Kier molecular flexibility index (Phi) is 7.32. The van der Waals surface area contributed by atoms with Gasteiger partial charge >= 0.3 is 0 Å². The molecule has 4 rings (SSSR count). The summed E-state index contributed by atoms with van der Waals surface area (Å²) >= 11 is 0. The SMILES string of the molecule is Cc1cc(NCc2ccc(CN3C[C@H](O)[C@@H](O)[C@H](O)[C@H]3CO)cc2)cc(-c2cccnn2)c1. The molecule has 0 bridgehead atoms. The largest absolute Gasteiger partial charge is 0.395 e. The van der Waals surface area contributed by atoms with Gasteiger partial charge in [-0.3, -0.25) is 4.90 Å². The quantitative estimate of drug-likeness (QED) is 0.365. The molecule has 0 spiro atoms. The van der Waals surface area contributed by atoms with Crippen molar-refractivity contribution < 1.29 is 20.4 Å². The van der Waals surface area contributed by atoms with Crippen LogP contribution in [0.15, 0.2) is 60.8 Å². The van der Waals surface area contributed by atoms with Gasteiger partial charge in [0.2, 0.25) is 0 Å². The van der Waals surface area contributed by atoms with Crippen molar-refractivity contribution in [3.63, 3.8) is 0 Å². The number of piperidine rings is 1. The maximum absolute atomic E-state index is 10.2. The number of aryl methyl sites for hydroxylation is 1. The third-order valence-corrected chi connectivity index (χ3v) is 6.07. The van der Waals surface area contributed by atoms with E-state index >= 15 is 0 Å². The molecule has 4 atom stereocenters. The summed E-state index contributed by atoms with van der Waals surface area (Å²) in [5.74, 6) is 0. The average molecular weight is 451 g/mol. The van der Waals surface area contributed by atoms with Crippen LogP contribution < -0.4 is 5.32 Å². The van der Waals surface area contributed by atoms with E-state index in [1.165, 1.54) is 0 Å². The van der Waals surface area contributed by atoms with Crippen LogP contribution in [0.25, 0.3) is 11.3 Å².